The summed E-state index contributed by atoms with van der Waals surface area (Å²) in [5.74, 6) is 1.92. The maximum Gasteiger partial charge on any atom is 0.195 e. The molecule has 0 radical (unpaired) electrons. The number of hydrogen-bond donors (Lipinski definition) is 2. The number of piperidine rings is 1. The molecule has 178 valence electrons. The van der Waals surface area contributed by atoms with Crippen molar-refractivity contribution >= 4 is 27.2 Å². The number of thiophene rings is 1. The highest BCUT2D eigenvalue weighted by Gasteiger charge is 2.36. The second-order valence-electron chi connectivity index (χ2n) is 9.56. The molecule has 0 amide bonds. The van der Waals surface area contributed by atoms with Crippen LogP contribution in [0.15, 0.2) is 66.7 Å². The highest BCUT2D eigenvalue weighted by molar-refractivity contribution is 7.22. The molecule has 0 aliphatic carbocycles. The Hall–Kier alpha value is -3.35. The third-order valence-corrected chi connectivity index (χ3v) is 8.51. The summed E-state index contributed by atoms with van der Waals surface area (Å²) in [6, 6.07) is 20.0. The van der Waals surface area contributed by atoms with E-state index in [0.29, 0.717) is 23.8 Å². The predicted molar refractivity (Wildman–Crippen MR) is 139 cm³/mol. The molecule has 2 N–H and O–H groups in total. The molecule has 5 nitrogen and oxygen atoms in total. The van der Waals surface area contributed by atoms with Crippen molar-refractivity contribution in [2.45, 2.75) is 25.3 Å². The van der Waals surface area contributed by atoms with Gasteiger partial charge in [-0.25, -0.2) is 0 Å². The summed E-state index contributed by atoms with van der Waals surface area (Å²) in [6.45, 7) is 3.17. The molecule has 4 aromatic rings. The highest BCUT2D eigenvalue weighted by atomic mass is 32.1. The van der Waals surface area contributed by atoms with Gasteiger partial charge in [-0.3, -0.25) is 9.69 Å². The largest absolute Gasteiger partial charge is 0.508 e. The minimum atomic E-state index is -0.0775. The van der Waals surface area contributed by atoms with E-state index < -0.39 is 0 Å². The summed E-state index contributed by atoms with van der Waals surface area (Å²) in [6.07, 6.45) is 3.69. The summed E-state index contributed by atoms with van der Waals surface area (Å²) in [5, 5.41) is 20.5. The number of rotatable bonds is 7. The first-order chi connectivity index (χ1) is 17.0. The number of nitrogens with zero attached hydrogens (tertiary/aromatic N) is 1. The molecule has 6 rings (SSSR count). The van der Waals surface area contributed by atoms with Crippen LogP contribution in [0.3, 0.4) is 0 Å². The van der Waals surface area contributed by atoms with Gasteiger partial charge in [0, 0.05) is 38.7 Å². The smallest absolute Gasteiger partial charge is 0.195 e. The fourth-order valence-electron chi connectivity index (χ4n) is 5.51. The van der Waals surface area contributed by atoms with E-state index >= 15 is 0 Å². The molecule has 35 heavy (non-hydrogen) atoms. The fraction of sp³-hybridized carbons (Fsp3) is 0.276. The van der Waals surface area contributed by atoms with Crippen LogP contribution in [-0.2, 0) is 0 Å². The zero-order valence-electron chi connectivity index (χ0n) is 19.3. The molecule has 2 saturated heterocycles. The lowest BCUT2D eigenvalue weighted by atomic mass is 9.97. The van der Waals surface area contributed by atoms with Crippen LogP contribution >= 0.6 is 11.3 Å². The van der Waals surface area contributed by atoms with Gasteiger partial charge < -0.3 is 14.9 Å². The van der Waals surface area contributed by atoms with E-state index in [1.807, 2.05) is 24.3 Å². The number of benzene rings is 3. The van der Waals surface area contributed by atoms with E-state index in [1.165, 1.54) is 37.3 Å². The average Bonchev–Trinajstić information content (AvgIpc) is 3.59. The number of fused-ring (bicyclic) bond motifs is 3. The number of aromatic hydroxyl groups is 2. The van der Waals surface area contributed by atoms with Crippen LogP contribution in [0.5, 0.6) is 17.2 Å². The van der Waals surface area contributed by atoms with Crippen LogP contribution < -0.4 is 4.74 Å². The first-order valence-electron chi connectivity index (χ1n) is 12.1. The minimum absolute atomic E-state index is 0.0775. The van der Waals surface area contributed by atoms with E-state index in [9.17, 15) is 15.0 Å². The molecule has 2 bridgehead atoms. The standard InChI is InChI=1S/C29H27NO4S/c31-22-5-1-20(2-6-22)29-27(25-10-7-23(32)16-26(25)35-29)28(33)19-3-8-24(9-4-19)34-14-12-21-15-18-11-13-30(21)17-18/h1-10,16,18,21,31-32H,11-15,17H2. The zero-order chi connectivity index (χ0) is 23.9. The van der Waals surface area contributed by atoms with E-state index in [4.69, 9.17) is 4.74 Å². The monoisotopic (exact) mass is 485 g/mol. The van der Waals surface area contributed by atoms with Crippen molar-refractivity contribution in [1.29, 1.82) is 0 Å². The van der Waals surface area contributed by atoms with E-state index in [-0.39, 0.29) is 17.3 Å². The van der Waals surface area contributed by atoms with Crippen molar-refractivity contribution in [2.24, 2.45) is 5.92 Å². The van der Waals surface area contributed by atoms with Gasteiger partial charge in [-0.05, 0) is 104 Å². The highest BCUT2D eigenvalue weighted by Crippen LogP contribution is 2.41. The van der Waals surface area contributed by atoms with Gasteiger partial charge in [-0.15, -0.1) is 11.3 Å². The zero-order valence-corrected chi connectivity index (χ0v) is 20.1. The van der Waals surface area contributed by atoms with Gasteiger partial charge in [0.05, 0.1) is 6.61 Å². The molecule has 2 fully saturated rings. The molecule has 0 saturated carbocycles. The minimum Gasteiger partial charge on any atom is -0.508 e. The number of phenols is 2. The molecule has 3 aromatic carbocycles. The SMILES string of the molecule is O=C(c1ccc(OCCC2CC3CCN2C3)cc1)c1c(-c2ccc(O)cc2)sc2cc(O)ccc12. The maximum absolute atomic E-state index is 13.7. The molecule has 3 unspecified atom stereocenters. The number of hydrogen-bond acceptors (Lipinski definition) is 6. The van der Waals surface area contributed by atoms with Crippen LogP contribution in [0.2, 0.25) is 0 Å². The Morgan fingerprint density at radius 2 is 1.77 bits per heavy atom. The van der Waals surface area contributed by atoms with Crippen molar-refractivity contribution in [1.82, 2.24) is 4.90 Å². The Bertz CT molecular complexity index is 1380. The quantitative estimate of drug-likeness (QED) is 0.311. The first kappa shape index (κ1) is 22.1. The maximum atomic E-state index is 13.7. The molecule has 1 aromatic heterocycles. The van der Waals surface area contributed by atoms with Crippen LogP contribution in [-0.4, -0.2) is 46.6 Å². The summed E-state index contributed by atoms with van der Waals surface area (Å²) in [7, 11) is 0. The number of ketones is 1. The van der Waals surface area contributed by atoms with E-state index in [2.05, 4.69) is 4.90 Å². The number of phenolic OH excluding ortho intramolecular Hbond substituents is 2. The second-order valence-corrected chi connectivity index (χ2v) is 10.6. The lowest BCUT2D eigenvalue weighted by molar-refractivity contribution is 0.104. The lowest BCUT2D eigenvalue weighted by Crippen LogP contribution is -2.30. The van der Waals surface area contributed by atoms with Crippen LogP contribution in [0.25, 0.3) is 20.5 Å². The van der Waals surface area contributed by atoms with Crippen molar-refractivity contribution in [3.05, 3.63) is 77.9 Å². The third-order valence-electron chi connectivity index (χ3n) is 7.31. The number of carbonyl (C=O) groups excluding carboxylic acids is 1. The van der Waals surface area contributed by atoms with Gasteiger partial charge in [-0.1, -0.05) is 0 Å². The van der Waals surface area contributed by atoms with Crippen molar-refractivity contribution in [3.8, 4) is 27.7 Å². The van der Waals surface area contributed by atoms with Gasteiger partial charge in [0.15, 0.2) is 5.78 Å². The lowest BCUT2D eigenvalue weighted by Gasteiger charge is -2.24. The normalized spacial score (nSPS) is 21.0. The van der Waals surface area contributed by atoms with Crippen LogP contribution in [0, 0.1) is 5.92 Å². The Labute approximate surface area is 208 Å². The first-order valence-corrected chi connectivity index (χ1v) is 12.9. The van der Waals surface area contributed by atoms with E-state index in [1.54, 1.807) is 42.5 Å². The molecule has 2 aliphatic heterocycles. The number of ether oxygens (including phenoxy) is 1. The molecule has 2 aliphatic rings. The van der Waals surface area contributed by atoms with Gasteiger partial charge in [-0.2, -0.15) is 0 Å². The third kappa shape index (κ3) is 4.28. The fourth-order valence-corrected chi connectivity index (χ4v) is 6.75. The van der Waals surface area contributed by atoms with E-state index in [0.717, 1.165) is 38.6 Å². The van der Waals surface area contributed by atoms with Gasteiger partial charge in [0.1, 0.15) is 17.2 Å². The molecular weight excluding hydrogens is 458 g/mol. The van der Waals surface area contributed by atoms with Gasteiger partial charge in [0.2, 0.25) is 0 Å². The molecule has 6 heteroatoms. The summed E-state index contributed by atoms with van der Waals surface area (Å²) in [5.41, 5.74) is 2.04. The van der Waals surface area contributed by atoms with Gasteiger partial charge in [0.25, 0.3) is 0 Å². The van der Waals surface area contributed by atoms with Crippen molar-refractivity contribution in [2.75, 3.05) is 19.7 Å². The number of carbonyl (C=O) groups is 1. The predicted octanol–water partition coefficient (Wildman–Crippen LogP) is 6.07. The Kier molecular flexibility index (Phi) is 5.71. The Balaban J connectivity index is 1.23. The Morgan fingerprint density at radius 1 is 1.00 bits per heavy atom. The molecule has 3 atom stereocenters. The van der Waals surface area contributed by atoms with Crippen LogP contribution in [0.1, 0.15) is 35.2 Å². The average molecular weight is 486 g/mol. The van der Waals surface area contributed by atoms with Crippen molar-refractivity contribution in [3.63, 3.8) is 0 Å². The topological polar surface area (TPSA) is 70.0 Å². The summed E-state index contributed by atoms with van der Waals surface area (Å²) in [4.78, 5) is 17.1. The molecule has 3 heterocycles. The second kappa shape index (κ2) is 9.02. The molecular formula is C29H27NO4S. The summed E-state index contributed by atoms with van der Waals surface area (Å²) >= 11 is 1.46. The molecule has 0 spiro atoms. The van der Waals surface area contributed by atoms with Crippen LogP contribution in [0.4, 0.5) is 0 Å². The Morgan fingerprint density at radius 3 is 2.49 bits per heavy atom. The van der Waals surface area contributed by atoms with Gasteiger partial charge >= 0.3 is 0 Å². The van der Waals surface area contributed by atoms with Crippen molar-refractivity contribution < 1.29 is 19.7 Å². The summed E-state index contributed by atoms with van der Waals surface area (Å²) < 4.78 is 6.84.